The van der Waals surface area contributed by atoms with Gasteiger partial charge >= 0.3 is 0 Å². The maximum absolute atomic E-state index is 12.3. The van der Waals surface area contributed by atoms with Gasteiger partial charge in [0.25, 0.3) is 0 Å². The number of carbonyl (C=O) groups is 1. The number of nitrogens with zero attached hydrogens (tertiary/aromatic N) is 5. The first kappa shape index (κ1) is 24.5. The van der Waals surface area contributed by atoms with Crippen LogP contribution >= 0.6 is 10.0 Å². The lowest BCUT2D eigenvalue weighted by molar-refractivity contribution is -0.133. The molecule has 0 bridgehead atoms. The average Bonchev–Trinajstić information content (AvgIpc) is 3.42. The third kappa shape index (κ3) is 5.88. The Morgan fingerprint density at radius 2 is 2.09 bits per heavy atom. The van der Waals surface area contributed by atoms with Gasteiger partial charge in [-0.2, -0.15) is 0 Å². The number of nitrogens with one attached hydrogen (secondary N) is 1. The standard InChI is InChI=1S/C25H36N6O2S/c1-18(2)25(32)30-11-8-19(16-30)28-23-20(7-6-10-26-23)22-15-27-24-21(29-22)9-12-31(24)17-33-13-14-34(3,4)5/h6-7,9-10,12,15,18-19H,8,11,13-14,16-17H2,1-5H3,(H,26,28). The summed E-state index contributed by atoms with van der Waals surface area (Å²) < 4.78 is 7.87. The number of carbonyl (C=O) groups excluding carboxylic acids is 1. The molecule has 4 rings (SSSR count). The van der Waals surface area contributed by atoms with E-state index >= 15 is 0 Å². The Bertz CT molecular complexity index is 1140. The Labute approximate surface area is 203 Å². The van der Waals surface area contributed by atoms with Crippen molar-refractivity contribution in [2.24, 2.45) is 5.92 Å². The highest BCUT2D eigenvalue weighted by Crippen LogP contribution is 2.33. The molecule has 1 saturated heterocycles. The number of pyridine rings is 1. The Hall–Kier alpha value is -2.65. The van der Waals surface area contributed by atoms with Crippen LogP contribution in [0.1, 0.15) is 20.3 Å². The molecule has 0 saturated carbocycles. The molecule has 4 heterocycles. The zero-order valence-electron chi connectivity index (χ0n) is 20.8. The Balaban J connectivity index is 1.46. The number of fused-ring (bicyclic) bond motifs is 1. The van der Waals surface area contributed by atoms with Crippen molar-refractivity contribution in [3.63, 3.8) is 0 Å². The van der Waals surface area contributed by atoms with Crippen LogP contribution in [0.4, 0.5) is 5.82 Å². The van der Waals surface area contributed by atoms with Crippen LogP contribution in [0.5, 0.6) is 0 Å². The topological polar surface area (TPSA) is 85.2 Å². The second-order valence-corrected chi connectivity index (χ2v) is 14.6. The largest absolute Gasteiger partial charge is 0.365 e. The average molecular weight is 485 g/mol. The summed E-state index contributed by atoms with van der Waals surface area (Å²) in [7, 11) is -0.562. The second-order valence-electron chi connectivity index (χ2n) is 10.1. The van der Waals surface area contributed by atoms with Crippen LogP contribution in [-0.2, 0) is 16.3 Å². The zero-order chi connectivity index (χ0) is 24.3. The summed E-state index contributed by atoms with van der Waals surface area (Å²) in [5.41, 5.74) is 3.31. The summed E-state index contributed by atoms with van der Waals surface area (Å²) in [5.74, 6) is 2.08. The predicted octanol–water partition coefficient (Wildman–Crippen LogP) is 3.83. The van der Waals surface area contributed by atoms with Crippen molar-refractivity contribution in [1.29, 1.82) is 0 Å². The van der Waals surface area contributed by atoms with Gasteiger partial charge in [0.05, 0.1) is 18.5 Å². The van der Waals surface area contributed by atoms with Gasteiger partial charge < -0.3 is 19.5 Å². The van der Waals surface area contributed by atoms with Crippen molar-refractivity contribution >= 4 is 32.9 Å². The highest BCUT2D eigenvalue weighted by atomic mass is 32.3. The van der Waals surface area contributed by atoms with Gasteiger partial charge in [-0.3, -0.25) is 4.79 Å². The summed E-state index contributed by atoms with van der Waals surface area (Å²) in [5, 5.41) is 3.54. The lowest BCUT2D eigenvalue weighted by Gasteiger charge is -2.24. The molecule has 3 aromatic rings. The molecular weight excluding hydrogens is 448 g/mol. The summed E-state index contributed by atoms with van der Waals surface area (Å²) in [6, 6.07) is 6.05. The molecule has 1 amide bonds. The molecular formula is C25H36N6O2S. The third-order valence-electron chi connectivity index (χ3n) is 5.95. The molecule has 1 N–H and O–H groups in total. The maximum Gasteiger partial charge on any atom is 0.225 e. The molecule has 34 heavy (non-hydrogen) atoms. The summed E-state index contributed by atoms with van der Waals surface area (Å²) in [6.07, 6.45) is 13.3. The molecule has 1 atom stereocenters. The number of hydrogen-bond acceptors (Lipinski definition) is 6. The number of ether oxygens (including phenoxy) is 1. The van der Waals surface area contributed by atoms with Crippen molar-refractivity contribution in [2.75, 3.05) is 49.5 Å². The quantitative estimate of drug-likeness (QED) is 0.465. The molecule has 0 radical (unpaired) electrons. The molecule has 1 aliphatic heterocycles. The molecule has 3 aromatic heterocycles. The van der Waals surface area contributed by atoms with E-state index in [0.29, 0.717) is 13.3 Å². The smallest absolute Gasteiger partial charge is 0.225 e. The van der Waals surface area contributed by atoms with Crippen LogP contribution in [0.15, 0.2) is 36.8 Å². The summed E-state index contributed by atoms with van der Waals surface area (Å²) in [6.45, 7) is 6.57. The van der Waals surface area contributed by atoms with Crippen molar-refractivity contribution in [3.05, 3.63) is 36.8 Å². The highest BCUT2D eigenvalue weighted by molar-refractivity contribution is 8.32. The first-order valence-electron chi connectivity index (χ1n) is 11.8. The minimum absolute atomic E-state index is 0.0171. The van der Waals surface area contributed by atoms with Gasteiger partial charge in [0.15, 0.2) is 5.65 Å². The first-order valence-corrected chi connectivity index (χ1v) is 14.8. The minimum atomic E-state index is -0.562. The molecule has 1 aliphatic rings. The number of amides is 1. The number of rotatable bonds is 9. The lowest BCUT2D eigenvalue weighted by atomic mass is 10.1. The van der Waals surface area contributed by atoms with Crippen molar-refractivity contribution in [2.45, 2.75) is 33.0 Å². The number of likely N-dealkylation sites (tertiary alicyclic amines) is 1. The van der Waals surface area contributed by atoms with Gasteiger partial charge in [-0.15, -0.1) is 0 Å². The van der Waals surface area contributed by atoms with Crippen molar-refractivity contribution in [3.8, 4) is 11.3 Å². The molecule has 9 heteroatoms. The predicted molar refractivity (Wildman–Crippen MR) is 140 cm³/mol. The zero-order valence-corrected chi connectivity index (χ0v) is 21.6. The Morgan fingerprint density at radius 1 is 1.26 bits per heavy atom. The van der Waals surface area contributed by atoms with Gasteiger partial charge in [-0.05, 0) is 43.4 Å². The van der Waals surface area contributed by atoms with E-state index in [1.165, 1.54) is 0 Å². The van der Waals surface area contributed by atoms with E-state index in [1.54, 1.807) is 12.4 Å². The monoisotopic (exact) mass is 484 g/mol. The summed E-state index contributed by atoms with van der Waals surface area (Å²) in [4.78, 5) is 28.4. The second kappa shape index (κ2) is 10.3. The van der Waals surface area contributed by atoms with E-state index in [4.69, 9.17) is 9.72 Å². The van der Waals surface area contributed by atoms with Crippen molar-refractivity contribution < 1.29 is 9.53 Å². The van der Waals surface area contributed by atoms with E-state index in [-0.39, 0.29) is 17.9 Å². The fourth-order valence-corrected chi connectivity index (χ4v) is 4.65. The van der Waals surface area contributed by atoms with Crippen LogP contribution in [-0.4, -0.2) is 80.6 Å². The van der Waals surface area contributed by atoms with Gasteiger partial charge in [0.2, 0.25) is 5.91 Å². The lowest BCUT2D eigenvalue weighted by Crippen LogP contribution is -2.34. The number of hydrogen-bond donors (Lipinski definition) is 1. The SMILES string of the molecule is CC(C)C(=O)N1CCC(Nc2ncccc2-c2cnc3c(ccn3COCCS(C)(C)C)n2)C1. The Morgan fingerprint density at radius 3 is 2.85 bits per heavy atom. The number of aromatic nitrogens is 4. The van der Waals surface area contributed by atoms with E-state index < -0.39 is 10.0 Å². The molecule has 0 spiro atoms. The van der Waals surface area contributed by atoms with Crippen LogP contribution in [0.3, 0.4) is 0 Å². The molecule has 184 valence electrons. The molecule has 0 aliphatic carbocycles. The molecule has 8 nitrogen and oxygen atoms in total. The van der Waals surface area contributed by atoms with E-state index in [9.17, 15) is 4.79 Å². The van der Waals surface area contributed by atoms with E-state index in [0.717, 1.165) is 53.6 Å². The van der Waals surface area contributed by atoms with Gasteiger partial charge in [0, 0.05) is 48.8 Å². The third-order valence-corrected chi connectivity index (χ3v) is 7.34. The fourth-order valence-electron chi connectivity index (χ4n) is 4.03. The van der Waals surface area contributed by atoms with Crippen LogP contribution < -0.4 is 5.32 Å². The number of anilines is 1. The van der Waals surface area contributed by atoms with Gasteiger partial charge in [-0.1, -0.05) is 13.8 Å². The molecule has 1 unspecified atom stereocenters. The normalized spacial score (nSPS) is 17.0. The fraction of sp³-hybridized carbons (Fsp3) is 0.520. The maximum atomic E-state index is 12.3. The first-order chi connectivity index (χ1) is 16.2. The van der Waals surface area contributed by atoms with Crippen molar-refractivity contribution in [1.82, 2.24) is 24.4 Å². The van der Waals surface area contributed by atoms with E-state index in [1.807, 2.05) is 47.7 Å². The Kier molecular flexibility index (Phi) is 7.42. The van der Waals surface area contributed by atoms with Crippen LogP contribution in [0.2, 0.25) is 0 Å². The van der Waals surface area contributed by atoms with Crippen LogP contribution in [0.25, 0.3) is 22.4 Å². The minimum Gasteiger partial charge on any atom is -0.365 e. The van der Waals surface area contributed by atoms with Crippen LogP contribution in [0, 0.1) is 5.92 Å². The summed E-state index contributed by atoms with van der Waals surface area (Å²) >= 11 is 0. The van der Waals surface area contributed by atoms with Gasteiger partial charge in [0.1, 0.15) is 18.1 Å². The molecule has 0 aromatic carbocycles. The highest BCUT2D eigenvalue weighted by Gasteiger charge is 2.28. The molecule has 1 fully saturated rings. The van der Waals surface area contributed by atoms with Gasteiger partial charge in [-0.25, -0.2) is 25.0 Å². The van der Waals surface area contributed by atoms with E-state index in [2.05, 4.69) is 34.1 Å².